The zero-order valence-electron chi connectivity index (χ0n) is 14.7. The van der Waals surface area contributed by atoms with Crippen LogP contribution in [0.4, 0.5) is 0 Å². The molecule has 0 unspecified atom stereocenters. The van der Waals surface area contributed by atoms with Gasteiger partial charge in [-0.3, -0.25) is 4.79 Å². The summed E-state index contributed by atoms with van der Waals surface area (Å²) in [7, 11) is 0. The average Bonchev–Trinajstić information content (AvgIpc) is 2.69. The molecule has 0 aliphatic carbocycles. The number of carbonyl (C=O) groups excluding carboxylic acids is 1. The molecular formula is C21H20ClN3O2. The van der Waals surface area contributed by atoms with E-state index in [1.165, 1.54) is 0 Å². The fourth-order valence-corrected chi connectivity index (χ4v) is 2.31. The zero-order valence-corrected chi connectivity index (χ0v) is 15.4. The van der Waals surface area contributed by atoms with Crippen molar-refractivity contribution < 1.29 is 26.5 Å². The lowest BCUT2D eigenvalue weighted by Gasteiger charge is -2.06. The summed E-state index contributed by atoms with van der Waals surface area (Å²) < 4.78 is 7.52. The van der Waals surface area contributed by atoms with Crippen LogP contribution in [0, 0.1) is 0 Å². The van der Waals surface area contributed by atoms with Crippen LogP contribution in [0.25, 0.3) is 0 Å². The summed E-state index contributed by atoms with van der Waals surface area (Å²) in [6.45, 7) is 0.756. The standard InChI is InChI=1S/C21H19N3O2.ClH/c25-21(16-24-13-5-2-6-14-24)23-22-15-18-9-11-20(12-10-18)26-17-19-7-3-1-4-8-19;/h1-15H,16-17H2;1H. The van der Waals surface area contributed by atoms with E-state index in [4.69, 9.17) is 4.74 Å². The normalized spacial score (nSPS) is 10.2. The highest BCUT2D eigenvalue weighted by atomic mass is 35.5. The molecule has 1 aromatic heterocycles. The van der Waals surface area contributed by atoms with E-state index in [2.05, 4.69) is 10.5 Å². The first kappa shape index (κ1) is 20.1. The Balaban J connectivity index is 0.00000261. The Bertz CT molecular complexity index is 854. The Morgan fingerprint density at radius 3 is 2.33 bits per heavy atom. The molecule has 0 aliphatic heterocycles. The molecule has 138 valence electrons. The van der Waals surface area contributed by atoms with Crippen molar-refractivity contribution in [3.8, 4) is 5.75 Å². The van der Waals surface area contributed by atoms with Crippen LogP contribution in [0.2, 0.25) is 0 Å². The molecule has 27 heavy (non-hydrogen) atoms. The number of benzene rings is 2. The summed E-state index contributed by atoms with van der Waals surface area (Å²) in [5.74, 6) is 0.607. The molecule has 0 saturated heterocycles. The second-order valence-corrected chi connectivity index (χ2v) is 5.68. The number of nitrogens with zero attached hydrogens (tertiary/aromatic N) is 2. The summed E-state index contributed by atoms with van der Waals surface area (Å²) in [6, 6.07) is 23.2. The zero-order chi connectivity index (χ0) is 18.0. The second-order valence-electron chi connectivity index (χ2n) is 5.68. The molecule has 0 saturated carbocycles. The first-order chi connectivity index (χ1) is 12.8. The highest BCUT2D eigenvalue weighted by Crippen LogP contribution is 2.13. The van der Waals surface area contributed by atoms with E-state index in [1.54, 1.807) is 10.8 Å². The lowest BCUT2D eigenvalue weighted by atomic mass is 10.2. The number of ether oxygens (including phenoxy) is 1. The maximum atomic E-state index is 11.8. The van der Waals surface area contributed by atoms with Gasteiger partial charge in [0.05, 0.1) is 6.21 Å². The van der Waals surface area contributed by atoms with Gasteiger partial charge >= 0.3 is 5.91 Å². The van der Waals surface area contributed by atoms with Crippen molar-refractivity contribution in [2.75, 3.05) is 0 Å². The molecule has 0 aliphatic rings. The molecule has 2 aromatic carbocycles. The maximum absolute atomic E-state index is 11.8. The van der Waals surface area contributed by atoms with Gasteiger partial charge in [0.1, 0.15) is 12.4 Å². The van der Waals surface area contributed by atoms with Crippen LogP contribution in [-0.2, 0) is 17.9 Å². The summed E-state index contributed by atoms with van der Waals surface area (Å²) in [5.41, 5.74) is 4.52. The lowest BCUT2D eigenvalue weighted by molar-refractivity contribution is -0.684. The minimum Gasteiger partial charge on any atom is -1.00 e. The first-order valence-corrected chi connectivity index (χ1v) is 8.32. The van der Waals surface area contributed by atoms with E-state index >= 15 is 0 Å². The van der Waals surface area contributed by atoms with Gasteiger partial charge in [0.2, 0.25) is 6.54 Å². The highest BCUT2D eigenvalue weighted by Gasteiger charge is 2.06. The number of rotatable bonds is 7. The van der Waals surface area contributed by atoms with E-state index < -0.39 is 0 Å². The average molecular weight is 382 g/mol. The fourth-order valence-electron chi connectivity index (χ4n) is 2.31. The topological polar surface area (TPSA) is 54.6 Å². The third-order valence-corrected chi connectivity index (χ3v) is 3.63. The Kier molecular flexibility index (Phi) is 8.00. The Labute approximate surface area is 164 Å². The van der Waals surface area contributed by atoms with Crippen LogP contribution in [0.15, 0.2) is 90.3 Å². The third kappa shape index (κ3) is 6.92. The van der Waals surface area contributed by atoms with Crippen LogP contribution >= 0.6 is 0 Å². The number of pyridine rings is 1. The summed E-state index contributed by atoms with van der Waals surface area (Å²) in [6.07, 6.45) is 5.27. The number of carbonyl (C=O) groups is 1. The maximum Gasteiger partial charge on any atom is 0.305 e. The highest BCUT2D eigenvalue weighted by molar-refractivity contribution is 5.82. The molecule has 3 aromatic rings. The molecule has 1 heterocycles. The molecule has 0 radical (unpaired) electrons. The third-order valence-electron chi connectivity index (χ3n) is 3.63. The van der Waals surface area contributed by atoms with Gasteiger partial charge in [0, 0.05) is 12.1 Å². The molecule has 3 rings (SSSR count). The van der Waals surface area contributed by atoms with Crippen LogP contribution < -0.4 is 27.1 Å². The number of halogens is 1. The number of aromatic nitrogens is 1. The van der Waals surface area contributed by atoms with Gasteiger partial charge in [-0.2, -0.15) is 9.67 Å². The number of hydrogen-bond donors (Lipinski definition) is 1. The molecule has 1 amide bonds. The lowest BCUT2D eigenvalue weighted by Crippen LogP contribution is -3.00. The summed E-state index contributed by atoms with van der Waals surface area (Å²) in [4.78, 5) is 11.8. The van der Waals surface area contributed by atoms with E-state index in [0.717, 1.165) is 16.9 Å². The van der Waals surface area contributed by atoms with Gasteiger partial charge in [-0.15, -0.1) is 0 Å². The predicted molar refractivity (Wildman–Crippen MR) is 99.6 cm³/mol. The fraction of sp³-hybridized carbons (Fsp3) is 0.0952. The largest absolute Gasteiger partial charge is 1.00 e. The Morgan fingerprint density at radius 2 is 1.63 bits per heavy atom. The predicted octanol–water partition coefficient (Wildman–Crippen LogP) is -0.293. The van der Waals surface area contributed by atoms with Gasteiger partial charge in [-0.05, 0) is 35.4 Å². The van der Waals surface area contributed by atoms with E-state index in [1.807, 2.05) is 85.2 Å². The molecular weight excluding hydrogens is 362 g/mol. The van der Waals surface area contributed by atoms with Gasteiger partial charge in [-0.1, -0.05) is 36.4 Å². The Morgan fingerprint density at radius 1 is 0.963 bits per heavy atom. The van der Waals surface area contributed by atoms with Crippen LogP contribution in [-0.4, -0.2) is 12.1 Å². The molecule has 0 bridgehead atoms. The van der Waals surface area contributed by atoms with Crippen molar-refractivity contribution in [2.45, 2.75) is 13.2 Å². The van der Waals surface area contributed by atoms with Crippen molar-refractivity contribution in [1.82, 2.24) is 5.43 Å². The Hall–Kier alpha value is -3.18. The van der Waals surface area contributed by atoms with Crippen LogP contribution in [0.5, 0.6) is 5.75 Å². The van der Waals surface area contributed by atoms with E-state index in [0.29, 0.717) is 6.61 Å². The molecule has 5 nitrogen and oxygen atoms in total. The van der Waals surface area contributed by atoms with Gasteiger partial charge < -0.3 is 17.1 Å². The minimum atomic E-state index is -0.180. The van der Waals surface area contributed by atoms with E-state index in [9.17, 15) is 4.79 Å². The van der Waals surface area contributed by atoms with E-state index in [-0.39, 0.29) is 24.9 Å². The van der Waals surface area contributed by atoms with Crippen molar-refractivity contribution >= 4 is 12.1 Å². The molecule has 0 atom stereocenters. The van der Waals surface area contributed by atoms with Gasteiger partial charge in [0.15, 0.2) is 12.4 Å². The van der Waals surface area contributed by atoms with Crippen molar-refractivity contribution in [1.29, 1.82) is 0 Å². The van der Waals surface area contributed by atoms with Crippen molar-refractivity contribution in [3.63, 3.8) is 0 Å². The SMILES string of the molecule is O=C(C[n+]1ccccc1)NN=Cc1ccc(OCc2ccccc2)cc1.[Cl-]. The number of nitrogens with one attached hydrogen (secondary N) is 1. The molecule has 0 fully saturated rings. The van der Waals surface area contributed by atoms with Crippen molar-refractivity contribution in [2.24, 2.45) is 5.10 Å². The van der Waals surface area contributed by atoms with Gasteiger partial charge in [0.25, 0.3) is 0 Å². The number of hydrogen-bond acceptors (Lipinski definition) is 3. The van der Waals surface area contributed by atoms with Crippen molar-refractivity contribution in [3.05, 3.63) is 96.3 Å². The smallest absolute Gasteiger partial charge is 0.305 e. The van der Waals surface area contributed by atoms with Crippen LogP contribution in [0.1, 0.15) is 11.1 Å². The first-order valence-electron chi connectivity index (χ1n) is 8.32. The molecule has 6 heteroatoms. The number of hydrazone groups is 1. The quantitative estimate of drug-likeness (QED) is 0.347. The van der Waals surface area contributed by atoms with Crippen LogP contribution in [0.3, 0.4) is 0 Å². The van der Waals surface area contributed by atoms with Gasteiger partial charge in [-0.25, -0.2) is 5.43 Å². The number of amides is 1. The monoisotopic (exact) mass is 381 g/mol. The summed E-state index contributed by atoms with van der Waals surface area (Å²) >= 11 is 0. The molecule has 1 N–H and O–H groups in total. The minimum absolute atomic E-state index is 0. The second kappa shape index (κ2) is 10.7. The summed E-state index contributed by atoms with van der Waals surface area (Å²) in [5, 5.41) is 3.98. The molecule has 0 spiro atoms.